The van der Waals surface area contributed by atoms with Crippen molar-refractivity contribution in [1.29, 1.82) is 0 Å². The first-order chi connectivity index (χ1) is 16.1. The molecule has 0 saturated carbocycles. The lowest BCUT2D eigenvalue weighted by atomic mass is 9.76. The fourth-order valence-corrected chi connectivity index (χ4v) is 5.07. The standard InChI is InChI=1S/C29H27ClN2O/c1-3-15-33-28-14-8-20(17-26(28)30)18-31-22-11-9-21(10-12-22)29-24-6-4-5-23(24)25-16-19(2)7-13-27(25)32-29/h3-5,7-14,16-18,23-24,29,32H,1,6,15H2,2H3/t23-,24+,29-/m0/s1. The first-order valence-electron chi connectivity index (χ1n) is 11.3. The summed E-state index contributed by atoms with van der Waals surface area (Å²) in [5.74, 6) is 1.67. The molecule has 3 aromatic rings. The van der Waals surface area contributed by atoms with Crippen molar-refractivity contribution in [2.24, 2.45) is 10.9 Å². The Morgan fingerprint density at radius 3 is 2.76 bits per heavy atom. The number of anilines is 1. The van der Waals surface area contributed by atoms with Crippen LogP contribution in [-0.4, -0.2) is 12.8 Å². The van der Waals surface area contributed by atoms with E-state index in [0.717, 1.165) is 17.7 Å². The van der Waals surface area contributed by atoms with Gasteiger partial charge in [0, 0.05) is 17.8 Å². The van der Waals surface area contributed by atoms with E-state index in [0.29, 0.717) is 35.3 Å². The number of nitrogens with zero attached hydrogens (tertiary/aromatic N) is 1. The van der Waals surface area contributed by atoms with Crippen LogP contribution in [0.5, 0.6) is 5.75 Å². The Labute approximate surface area is 200 Å². The minimum atomic E-state index is 0.292. The lowest BCUT2D eigenvalue weighted by Gasteiger charge is -2.37. The molecule has 0 radical (unpaired) electrons. The lowest BCUT2D eigenvalue weighted by Crippen LogP contribution is -2.29. The van der Waals surface area contributed by atoms with Crippen molar-refractivity contribution < 1.29 is 4.74 Å². The van der Waals surface area contributed by atoms with Gasteiger partial charge in [-0.25, -0.2) is 0 Å². The van der Waals surface area contributed by atoms with E-state index in [1.165, 1.54) is 22.4 Å². The minimum Gasteiger partial charge on any atom is -0.488 e. The van der Waals surface area contributed by atoms with Crippen LogP contribution in [0.1, 0.15) is 40.6 Å². The fraction of sp³-hybridized carbons (Fsp3) is 0.207. The van der Waals surface area contributed by atoms with Crippen molar-refractivity contribution in [3.05, 3.63) is 113 Å². The Morgan fingerprint density at radius 1 is 1.12 bits per heavy atom. The average molecular weight is 455 g/mol. The number of aliphatic imine (C=N–C) groups is 1. The van der Waals surface area contributed by atoms with E-state index in [2.05, 4.69) is 78.4 Å². The summed E-state index contributed by atoms with van der Waals surface area (Å²) < 4.78 is 5.53. The number of allylic oxidation sites excluding steroid dienone is 2. The fourth-order valence-electron chi connectivity index (χ4n) is 4.82. The molecular weight excluding hydrogens is 428 g/mol. The number of halogens is 1. The molecular formula is C29H27ClN2O. The van der Waals surface area contributed by atoms with Gasteiger partial charge in [0.05, 0.1) is 16.8 Å². The van der Waals surface area contributed by atoms with E-state index >= 15 is 0 Å². The third kappa shape index (κ3) is 4.46. The van der Waals surface area contributed by atoms with E-state index in [4.69, 9.17) is 16.3 Å². The van der Waals surface area contributed by atoms with E-state index in [1.807, 2.05) is 24.4 Å². The SMILES string of the molecule is C=CCOc1ccc(C=Nc2ccc([C@@H]3Nc4ccc(C)cc4[C@H]4C=CC[C@H]43)cc2)cc1Cl. The van der Waals surface area contributed by atoms with Gasteiger partial charge in [0.2, 0.25) is 0 Å². The Bertz CT molecular complexity index is 1230. The van der Waals surface area contributed by atoms with Crippen molar-refractivity contribution in [3.63, 3.8) is 0 Å². The van der Waals surface area contributed by atoms with Gasteiger partial charge in [-0.3, -0.25) is 4.99 Å². The second kappa shape index (κ2) is 9.29. The molecule has 1 N–H and O–H groups in total. The van der Waals surface area contributed by atoms with Crippen molar-refractivity contribution in [1.82, 2.24) is 0 Å². The predicted molar refractivity (Wildman–Crippen MR) is 138 cm³/mol. The number of aryl methyl sites for hydroxylation is 1. The molecule has 0 saturated heterocycles. The molecule has 33 heavy (non-hydrogen) atoms. The molecule has 0 spiro atoms. The number of hydrogen-bond acceptors (Lipinski definition) is 3. The maximum atomic E-state index is 6.31. The van der Waals surface area contributed by atoms with E-state index in [9.17, 15) is 0 Å². The molecule has 3 nitrogen and oxygen atoms in total. The van der Waals surface area contributed by atoms with Crippen molar-refractivity contribution in [2.45, 2.75) is 25.3 Å². The molecule has 5 rings (SSSR count). The predicted octanol–water partition coefficient (Wildman–Crippen LogP) is 7.79. The first-order valence-corrected chi connectivity index (χ1v) is 11.7. The highest BCUT2D eigenvalue weighted by Gasteiger charge is 2.37. The van der Waals surface area contributed by atoms with Crippen LogP contribution in [0.2, 0.25) is 5.02 Å². The van der Waals surface area contributed by atoms with Crippen LogP contribution >= 0.6 is 11.6 Å². The highest BCUT2D eigenvalue weighted by molar-refractivity contribution is 6.32. The molecule has 4 heteroatoms. The summed E-state index contributed by atoms with van der Waals surface area (Å²) in [5.41, 5.74) is 7.12. The topological polar surface area (TPSA) is 33.6 Å². The molecule has 0 amide bonds. The molecule has 0 fully saturated rings. The maximum absolute atomic E-state index is 6.31. The molecule has 2 aliphatic rings. The number of rotatable bonds is 6. The molecule has 0 unspecified atom stereocenters. The maximum Gasteiger partial charge on any atom is 0.138 e. The normalized spacial score (nSPS) is 20.8. The van der Waals surface area contributed by atoms with Gasteiger partial charge >= 0.3 is 0 Å². The van der Waals surface area contributed by atoms with E-state index < -0.39 is 0 Å². The summed E-state index contributed by atoms with van der Waals surface area (Å²) in [6.45, 7) is 6.25. The zero-order valence-electron chi connectivity index (χ0n) is 18.7. The van der Waals surface area contributed by atoms with Crippen molar-refractivity contribution in [3.8, 4) is 5.75 Å². The number of hydrogen-bond donors (Lipinski definition) is 1. The number of benzene rings is 3. The minimum absolute atomic E-state index is 0.292. The third-order valence-electron chi connectivity index (χ3n) is 6.45. The van der Waals surface area contributed by atoms with Gasteiger partial charge in [-0.2, -0.15) is 0 Å². The Balaban J connectivity index is 1.32. The van der Waals surface area contributed by atoms with Gasteiger partial charge in [0.1, 0.15) is 12.4 Å². The first kappa shape index (κ1) is 21.5. The smallest absolute Gasteiger partial charge is 0.138 e. The molecule has 1 aliphatic heterocycles. The molecule has 1 aliphatic carbocycles. The molecule has 1 heterocycles. The van der Waals surface area contributed by atoms with Crippen molar-refractivity contribution >= 4 is 29.2 Å². The zero-order chi connectivity index (χ0) is 22.8. The van der Waals surface area contributed by atoms with Gasteiger partial charge in [0.25, 0.3) is 0 Å². The zero-order valence-corrected chi connectivity index (χ0v) is 19.4. The Kier molecular flexibility index (Phi) is 6.06. The molecule has 3 atom stereocenters. The highest BCUT2D eigenvalue weighted by Crippen LogP contribution is 2.50. The van der Waals surface area contributed by atoms with Crippen LogP contribution in [-0.2, 0) is 0 Å². The summed E-state index contributed by atoms with van der Waals surface area (Å²) in [6, 6.07) is 21.2. The second-order valence-electron chi connectivity index (χ2n) is 8.71. The molecule has 166 valence electrons. The van der Waals surface area contributed by atoms with Crippen LogP contribution < -0.4 is 10.1 Å². The highest BCUT2D eigenvalue weighted by atomic mass is 35.5. The second-order valence-corrected chi connectivity index (χ2v) is 9.11. The number of nitrogens with one attached hydrogen (secondary N) is 1. The van der Waals surface area contributed by atoms with Gasteiger partial charge in [-0.15, -0.1) is 0 Å². The van der Waals surface area contributed by atoms with E-state index in [1.54, 1.807) is 6.08 Å². The van der Waals surface area contributed by atoms with Crippen LogP contribution in [0.25, 0.3) is 0 Å². The van der Waals surface area contributed by atoms with Crippen molar-refractivity contribution in [2.75, 3.05) is 11.9 Å². The van der Waals surface area contributed by atoms with Gasteiger partial charge in [-0.1, -0.05) is 66.2 Å². The summed E-state index contributed by atoms with van der Waals surface area (Å²) in [6.07, 6.45) is 9.34. The van der Waals surface area contributed by atoms with E-state index in [-0.39, 0.29) is 0 Å². The van der Waals surface area contributed by atoms with Gasteiger partial charge in [0.15, 0.2) is 0 Å². The number of fused-ring (bicyclic) bond motifs is 3. The summed E-state index contributed by atoms with van der Waals surface area (Å²) in [7, 11) is 0. The summed E-state index contributed by atoms with van der Waals surface area (Å²) >= 11 is 6.31. The van der Waals surface area contributed by atoms with Crippen LogP contribution in [0.4, 0.5) is 11.4 Å². The third-order valence-corrected chi connectivity index (χ3v) is 6.74. The summed E-state index contributed by atoms with van der Waals surface area (Å²) in [4.78, 5) is 4.63. The van der Waals surface area contributed by atoms with Crippen LogP contribution in [0.15, 0.2) is 90.5 Å². The Hall–Kier alpha value is -3.30. The van der Waals surface area contributed by atoms with Crippen LogP contribution in [0.3, 0.4) is 0 Å². The van der Waals surface area contributed by atoms with Gasteiger partial charge < -0.3 is 10.1 Å². The Morgan fingerprint density at radius 2 is 1.97 bits per heavy atom. The molecule has 0 aromatic heterocycles. The van der Waals surface area contributed by atoms with Gasteiger partial charge in [-0.05, 0) is 72.4 Å². The average Bonchev–Trinajstić information content (AvgIpc) is 3.33. The quantitative estimate of drug-likeness (QED) is 0.304. The monoisotopic (exact) mass is 454 g/mol. The number of ether oxygens (including phenoxy) is 1. The molecule has 3 aromatic carbocycles. The van der Waals surface area contributed by atoms with Crippen LogP contribution in [0, 0.1) is 12.8 Å². The summed E-state index contributed by atoms with van der Waals surface area (Å²) in [5, 5.41) is 4.37. The lowest BCUT2D eigenvalue weighted by molar-refractivity contribution is 0.363. The molecule has 0 bridgehead atoms. The largest absolute Gasteiger partial charge is 0.488 e.